The fourth-order valence-corrected chi connectivity index (χ4v) is 0.676. The average Bonchev–Trinajstić information content (AvgIpc) is 1.85. The molecule has 0 saturated heterocycles. The third kappa shape index (κ3) is 4.13. The third-order valence-corrected chi connectivity index (χ3v) is 1.66. The second kappa shape index (κ2) is 4.26. The van der Waals surface area contributed by atoms with Gasteiger partial charge in [-0.25, -0.2) is 0 Å². The van der Waals surface area contributed by atoms with E-state index in [-0.39, 0.29) is 5.91 Å². The van der Waals surface area contributed by atoms with Crippen molar-refractivity contribution >= 4 is 5.91 Å². The Bertz CT molecular complexity index is 185. The van der Waals surface area contributed by atoms with E-state index in [9.17, 15) is 4.79 Å². The SMILES string of the molecule is C=C(C)CNCC(C)(C)C(N)=O. The predicted octanol–water partition coefficient (Wildman–Crippen LogP) is 0.664. The van der Waals surface area contributed by atoms with Crippen LogP contribution in [0.2, 0.25) is 0 Å². The zero-order valence-corrected chi connectivity index (χ0v) is 8.11. The first-order chi connectivity index (χ1) is 5.36. The number of rotatable bonds is 5. The number of carbonyl (C=O) groups excluding carboxylic acids is 1. The molecule has 0 fully saturated rings. The van der Waals surface area contributed by atoms with Crippen LogP contribution in [-0.2, 0) is 4.79 Å². The van der Waals surface area contributed by atoms with Crippen molar-refractivity contribution in [2.24, 2.45) is 11.1 Å². The molecule has 0 aromatic carbocycles. The van der Waals surface area contributed by atoms with E-state index in [1.165, 1.54) is 0 Å². The molecule has 70 valence electrons. The summed E-state index contributed by atoms with van der Waals surface area (Å²) in [4.78, 5) is 10.9. The first-order valence-electron chi connectivity index (χ1n) is 4.01. The summed E-state index contributed by atoms with van der Waals surface area (Å²) in [6.07, 6.45) is 0. The summed E-state index contributed by atoms with van der Waals surface area (Å²) >= 11 is 0. The van der Waals surface area contributed by atoms with Gasteiger partial charge < -0.3 is 11.1 Å². The van der Waals surface area contributed by atoms with Crippen LogP contribution in [0.25, 0.3) is 0 Å². The quantitative estimate of drug-likeness (QED) is 0.596. The van der Waals surface area contributed by atoms with Crippen LogP contribution in [0.1, 0.15) is 20.8 Å². The summed E-state index contributed by atoms with van der Waals surface area (Å²) in [5.74, 6) is -0.281. The summed E-state index contributed by atoms with van der Waals surface area (Å²) in [7, 11) is 0. The van der Waals surface area contributed by atoms with Gasteiger partial charge in [0.05, 0.1) is 5.41 Å². The summed E-state index contributed by atoms with van der Waals surface area (Å²) in [5.41, 5.74) is 5.76. The normalized spacial score (nSPS) is 11.2. The van der Waals surface area contributed by atoms with E-state index >= 15 is 0 Å². The zero-order valence-electron chi connectivity index (χ0n) is 8.11. The van der Waals surface area contributed by atoms with Gasteiger partial charge in [0.25, 0.3) is 0 Å². The van der Waals surface area contributed by atoms with Crippen molar-refractivity contribution < 1.29 is 4.79 Å². The smallest absolute Gasteiger partial charge is 0.224 e. The molecule has 0 unspecified atom stereocenters. The highest BCUT2D eigenvalue weighted by Gasteiger charge is 2.23. The minimum Gasteiger partial charge on any atom is -0.369 e. The van der Waals surface area contributed by atoms with Gasteiger partial charge in [-0.15, -0.1) is 0 Å². The first kappa shape index (κ1) is 11.2. The number of hydrogen-bond donors (Lipinski definition) is 2. The van der Waals surface area contributed by atoms with Crippen LogP contribution >= 0.6 is 0 Å². The lowest BCUT2D eigenvalue weighted by molar-refractivity contribution is -0.125. The van der Waals surface area contributed by atoms with Crippen molar-refractivity contribution in [1.82, 2.24) is 5.32 Å². The molecule has 3 N–H and O–H groups in total. The van der Waals surface area contributed by atoms with Gasteiger partial charge in [0.1, 0.15) is 0 Å². The molecule has 0 atom stereocenters. The number of carbonyl (C=O) groups is 1. The van der Waals surface area contributed by atoms with Crippen LogP contribution in [0.3, 0.4) is 0 Å². The molecule has 0 aliphatic rings. The molecule has 12 heavy (non-hydrogen) atoms. The van der Waals surface area contributed by atoms with Gasteiger partial charge in [0, 0.05) is 13.1 Å². The second-order valence-electron chi connectivity index (χ2n) is 3.81. The van der Waals surface area contributed by atoms with Gasteiger partial charge in [0.2, 0.25) is 5.91 Å². The molecule has 0 heterocycles. The summed E-state index contributed by atoms with van der Waals surface area (Å²) in [6, 6.07) is 0. The Kier molecular flexibility index (Phi) is 3.96. The lowest BCUT2D eigenvalue weighted by atomic mass is 9.93. The molecule has 0 aliphatic heterocycles. The van der Waals surface area contributed by atoms with Crippen LogP contribution in [-0.4, -0.2) is 19.0 Å². The lowest BCUT2D eigenvalue weighted by Gasteiger charge is -2.20. The maximum Gasteiger partial charge on any atom is 0.224 e. The molecule has 0 aliphatic carbocycles. The van der Waals surface area contributed by atoms with Crippen molar-refractivity contribution in [3.05, 3.63) is 12.2 Å². The largest absolute Gasteiger partial charge is 0.369 e. The number of nitrogens with two attached hydrogens (primary N) is 1. The number of nitrogens with one attached hydrogen (secondary N) is 1. The molecule has 0 spiro atoms. The first-order valence-corrected chi connectivity index (χ1v) is 4.01. The van der Waals surface area contributed by atoms with Gasteiger partial charge in [0.15, 0.2) is 0 Å². The maximum atomic E-state index is 10.9. The van der Waals surface area contributed by atoms with E-state index in [2.05, 4.69) is 11.9 Å². The molecular weight excluding hydrogens is 152 g/mol. The van der Waals surface area contributed by atoms with Crippen molar-refractivity contribution in [2.75, 3.05) is 13.1 Å². The number of hydrogen-bond acceptors (Lipinski definition) is 2. The second-order valence-corrected chi connectivity index (χ2v) is 3.81. The molecule has 0 rings (SSSR count). The molecule has 0 aromatic heterocycles. The minimum atomic E-state index is -0.477. The average molecular weight is 170 g/mol. The fraction of sp³-hybridized carbons (Fsp3) is 0.667. The Morgan fingerprint density at radius 3 is 2.42 bits per heavy atom. The van der Waals surface area contributed by atoms with Crippen LogP contribution in [0.4, 0.5) is 0 Å². The molecule has 1 amide bonds. The lowest BCUT2D eigenvalue weighted by Crippen LogP contribution is -2.40. The number of amides is 1. The standard InChI is InChI=1S/C9H18N2O/c1-7(2)5-11-6-9(3,4)8(10)12/h11H,1,5-6H2,2-4H3,(H2,10,12). The van der Waals surface area contributed by atoms with Crippen molar-refractivity contribution in [3.8, 4) is 0 Å². The summed E-state index contributed by atoms with van der Waals surface area (Å²) in [6.45, 7) is 10.6. The highest BCUT2D eigenvalue weighted by atomic mass is 16.1. The van der Waals surface area contributed by atoms with E-state index in [4.69, 9.17) is 5.73 Å². The Hall–Kier alpha value is -0.830. The van der Waals surface area contributed by atoms with Gasteiger partial charge in [-0.3, -0.25) is 4.79 Å². The van der Waals surface area contributed by atoms with E-state index in [1.807, 2.05) is 20.8 Å². The van der Waals surface area contributed by atoms with E-state index in [0.717, 1.165) is 12.1 Å². The van der Waals surface area contributed by atoms with Crippen molar-refractivity contribution in [3.63, 3.8) is 0 Å². The van der Waals surface area contributed by atoms with Crippen molar-refractivity contribution in [2.45, 2.75) is 20.8 Å². The molecule has 0 aromatic rings. The molecule has 0 bridgehead atoms. The Morgan fingerprint density at radius 1 is 1.58 bits per heavy atom. The summed E-state index contributed by atoms with van der Waals surface area (Å²) < 4.78 is 0. The highest BCUT2D eigenvalue weighted by Crippen LogP contribution is 2.11. The summed E-state index contributed by atoms with van der Waals surface area (Å²) in [5, 5.41) is 3.11. The molecule has 3 heteroatoms. The predicted molar refractivity (Wildman–Crippen MR) is 50.7 cm³/mol. The van der Waals surface area contributed by atoms with Gasteiger partial charge in [-0.2, -0.15) is 0 Å². The number of primary amides is 1. The fourth-order valence-electron chi connectivity index (χ4n) is 0.676. The van der Waals surface area contributed by atoms with Crippen LogP contribution in [0.5, 0.6) is 0 Å². The van der Waals surface area contributed by atoms with Crippen LogP contribution in [0.15, 0.2) is 12.2 Å². The molecule has 0 saturated carbocycles. The van der Waals surface area contributed by atoms with Crippen LogP contribution in [0, 0.1) is 5.41 Å². The zero-order chi connectivity index (χ0) is 9.78. The molecular formula is C9H18N2O. The maximum absolute atomic E-state index is 10.9. The van der Waals surface area contributed by atoms with Crippen molar-refractivity contribution in [1.29, 1.82) is 0 Å². The van der Waals surface area contributed by atoms with E-state index in [0.29, 0.717) is 6.54 Å². The van der Waals surface area contributed by atoms with Gasteiger partial charge >= 0.3 is 0 Å². The third-order valence-electron chi connectivity index (χ3n) is 1.66. The van der Waals surface area contributed by atoms with Gasteiger partial charge in [-0.1, -0.05) is 12.2 Å². The molecule has 0 radical (unpaired) electrons. The van der Waals surface area contributed by atoms with E-state index < -0.39 is 5.41 Å². The highest BCUT2D eigenvalue weighted by molar-refractivity contribution is 5.80. The minimum absolute atomic E-state index is 0.281. The molecule has 3 nitrogen and oxygen atoms in total. The van der Waals surface area contributed by atoms with E-state index in [1.54, 1.807) is 0 Å². The Morgan fingerprint density at radius 2 is 2.08 bits per heavy atom. The Balaban J connectivity index is 3.76. The Labute approximate surface area is 74.0 Å². The van der Waals surface area contributed by atoms with Crippen LogP contribution < -0.4 is 11.1 Å². The monoisotopic (exact) mass is 170 g/mol. The topological polar surface area (TPSA) is 55.1 Å². The van der Waals surface area contributed by atoms with Gasteiger partial charge in [-0.05, 0) is 20.8 Å².